The van der Waals surface area contributed by atoms with Crippen molar-refractivity contribution in [3.05, 3.63) is 0 Å². The normalized spacial score (nSPS) is 46.3. The number of Topliss-reactive ketones (excluding diaryl/α,β-unsaturated/α-hetero) is 1. The Morgan fingerprint density at radius 3 is 2.00 bits per heavy atom. The summed E-state index contributed by atoms with van der Waals surface area (Å²) < 4.78 is 17.5. The minimum Gasteiger partial charge on any atom is -0.391 e. The zero-order valence-corrected chi connectivity index (χ0v) is 23.5. The van der Waals surface area contributed by atoms with Crippen molar-refractivity contribution in [2.24, 2.45) is 40.7 Å². The van der Waals surface area contributed by atoms with Crippen LogP contribution in [0.15, 0.2) is 0 Å². The van der Waals surface area contributed by atoms with Gasteiger partial charge in [0.15, 0.2) is 5.78 Å². The molecule has 16 atom stereocenters. The number of aliphatic hydroxyl groups is 7. The number of rotatable bonds is 12. The monoisotopic (exact) mass is 594 g/mol. The molecule has 15 heteroatoms. The van der Waals surface area contributed by atoms with Gasteiger partial charge in [0.1, 0.15) is 30.5 Å². The van der Waals surface area contributed by atoms with Crippen LogP contribution in [0, 0.1) is 17.8 Å². The molecule has 15 N–H and O–H groups in total. The van der Waals surface area contributed by atoms with Crippen LogP contribution >= 0.6 is 0 Å². The lowest BCUT2D eigenvalue weighted by Crippen LogP contribution is -2.65. The lowest BCUT2D eigenvalue weighted by atomic mass is 9.75. The maximum absolute atomic E-state index is 12.8. The Morgan fingerprint density at radius 1 is 0.780 bits per heavy atom. The molecule has 15 nitrogen and oxygen atoms in total. The van der Waals surface area contributed by atoms with Gasteiger partial charge in [0.2, 0.25) is 0 Å². The first-order valence-corrected chi connectivity index (χ1v) is 14.4. The van der Waals surface area contributed by atoms with Crippen LogP contribution in [-0.4, -0.2) is 148 Å². The number of hydrogen-bond acceptors (Lipinski definition) is 15. The molecule has 0 aliphatic heterocycles. The molecule has 3 aliphatic rings. The first kappa shape index (κ1) is 34.6. The van der Waals surface area contributed by atoms with Crippen molar-refractivity contribution < 1.29 is 54.8 Å². The first-order valence-electron chi connectivity index (χ1n) is 14.4. The minimum absolute atomic E-state index is 0.0272. The fraction of sp³-hybridized carbons (Fsp3) is 0.962. The van der Waals surface area contributed by atoms with Gasteiger partial charge in [-0.2, -0.15) is 0 Å². The van der Waals surface area contributed by atoms with Gasteiger partial charge >= 0.3 is 0 Å². The summed E-state index contributed by atoms with van der Waals surface area (Å²) in [4.78, 5) is 12.8. The molecule has 3 saturated carbocycles. The molecule has 0 spiro atoms. The second-order valence-corrected chi connectivity index (χ2v) is 11.9. The van der Waals surface area contributed by atoms with E-state index in [9.17, 15) is 40.5 Å². The Labute approximate surface area is 239 Å². The van der Waals surface area contributed by atoms with E-state index in [4.69, 9.17) is 37.1 Å². The quantitative estimate of drug-likeness (QED) is 0.101. The van der Waals surface area contributed by atoms with E-state index in [0.717, 1.165) is 0 Å². The molecule has 0 saturated heterocycles. The third-order valence-corrected chi connectivity index (χ3v) is 9.04. The summed E-state index contributed by atoms with van der Waals surface area (Å²) in [7, 11) is 1.46. The van der Waals surface area contributed by atoms with Gasteiger partial charge in [-0.3, -0.25) is 4.79 Å². The van der Waals surface area contributed by atoms with Crippen LogP contribution in [0.2, 0.25) is 0 Å². The molecule has 0 aromatic carbocycles. The third-order valence-electron chi connectivity index (χ3n) is 9.04. The van der Waals surface area contributed by atoms with Gasteiger partial charge in [0, 0.05) is 31.4 Å². The number of ketones is 1. The molecule has 3 aliphatic carbocycles. The molecule has 0 bridgehead atoms. The molecule has 0 heterocycles. The van der Waals surface area contributed by atoms with Crippen molar-refractivity contribution in [3.8, 4) is 0 Å². The molecule has 3 fully saturated rings. The topological polar surface area (TPSA) is 290 Å². The Kier molecular flexibility index (Phi) is 12.8. The van der Waals surface area contributed by atoms with Gasteiger partial charge < -0.3 is 72.9 Å². The lowest BCUT2D eigenvalue weighted by Gasteiger charge is -2.49. The van der Waals surface area contributed by atoms with Crippen molar-refractivity contribution in [2.75, 3.05) is 26.8 Å². The fourth-order valence-corrected chi connectivity index (χ4v) is 6.53. The van der Waals surface area contributed by atoms with Crippen molar-refractivity contribution in [2.45, 2.75) is 111 Å². The summed E-state index contributed by atoms with van der Waals surface area (Å²) in [5.74, 6) is -2.24. The molecule has 3 unspecified atom stereocenters. The number of carbonyl (C=O) groups excluding carboxylic acids is 1. The third kappa shape index (κ3) is 7.80. The van der Waals surface area contributed by atoms with Crippen molar-refractivity contribution in [1.82, 2.24) is 0 Å². The lowest BCUT2D eigenvalue weighted by molar-refractivity contribution is -0.239. The largest absolute Gasteiger partial charge is 0.391 e. The number of ether oxygens (including phenoxy) is 3. The van der Waals surface area contributed by atoms with Crippen LogP contribution in [-0.2, 0) is 19.0 Å². The first-order chi connectivity index (χ1) is 19.4. The summed E-state index contributed by atoms with van der Waals surface area (Å²) in [6.07, 6.45) is -13.4. The zero-order valence-electron chi connectivity index (χ0n) is 23.5. The average Bonchev–Trinajstić information content (AvgIpc) is 2.94. The van der Waals surface area contributed by atoms with Gasteiger partial charge in [0.05, 0.1) is 49.3 Å². The van der Waals surface area contributed by atoms with Gasteiger partial charge in [-0.1, -0.05) is 0 Å². The summed E-state index contributed by atoms with van der Waals surface area (Å²) in [5, 5.41) is 74.3. The number of methoxy groups -OCH3 is 1. The summed E-state index contributed by atoms with van der Waals surface area (Å²) in [5.41, 5.74) is 23.7. The van der Waals surface area contributed by atoms with E-state index in [1.807, 2.05) is 0 Å². The van der Waals surface area contributed by atoms with E-state index in [1.165, 1.54) is 7.11 Å². The van der Waals surface area contributed by atoms with Gasteiger partial charge in [-0.05, 0) is 44.7 Å². The van der Waals surface area contributed by atoms with Crippen LogP contribution in [0.4, 0.5) is 0 Å². The minimum atomic E-state index is -1.52. The number of hydrogen-bond donors (Lipinski definition) is 11. The van der Waals surface area contributed by atoms with Crippen LogP contribution in [0.3, 0.4) is 0 Å². The van der Waals surface area contributed by atoms with Crippen LogP contribution < -0.4 is 22.9 Å². The van der Waals surface area contributed by atoms with Crippen molar-refractivity contribution in [3.63, 3.8) is 0 Å². The molecular weight excluding hydrogens is 544 g/mol. The highest BCUT2D eigenvalue weighted by atomic mass is 16.6. The van der Waals surface area contributed by atoms with Crippen molar-refractivity contribution >= 4 is 5.78 Å². The maximum atomic E-state index is 12.8. The highest BCUT2D eigenvalue weighted by Gasteiger charge is 2.51. The van der Waals surface area contributed by atoms with Gasteiger partial charge in [0.25, 0.3) is 0 Å². The Balaban J connectivity index is 1.85. The van der Waals surface area contributed by atoms with Crippen LogP contribution in [0.25, 0.3) is 0 Å². The number of nitrogens with two attached hydrogens (primary N) is 4. The van der Waals surface area contributed by atoms with E-state index in [0.29, 0.717) is 0 Å². The maximum Gasteiger partial charge on any atom is 0.161 e. The molecule has 0 aromatic rings. The number of carbonyl (C=O) groups is 1. The van der Waals surface area contributed by atoms with E-state index >= 15 is 0 Å². The SMILES string of the molecule is COC[C@H]1C[C@H](OC2[C@H](CC(=O)C(O)CCN)C[C@H](N)[C@@H](OC3C[C@H](CN)[C@@H](O)[C@H](O)[C@H]3O)[C@@H]2O)[C@H](O)[C@@H](N)[C@@H]1O. The van der Waals surface area contributed by atoms with E-state index in [1.54, 1.807) is 0 Å². The predicted octanol–water partition coefficient (Wildman–Crippen LogP) is -5.35. The molecule has 3 rings (SSSR count). The van der Waals surface area contributed by atoms with Gasteiger partial charge in [-0.25, -0.2) is 0 Å². The molecule has 0 amide bonds. The smallest absolute Gasteiger partial charge is 0.161 e. The van der Waals surface area contributed by atoms with Gasteiger partial charge in [-0.15, -0.1) is 0 Å². The van der Waals surface area contributed by atoms with Crippen LogP contribution in [0.5, 0.6) is 0 Å². The Hall–Kier alpha value is -0.890. The second kappa shape index (κ2) is 15.2. The molecular formula is C26H50N4O11. The van der Waals surface area contributed by atoms with Crippen LogP contribution in [0.1, 0.15) is 32.1 Å². The zero-order chi connectivity index (χ0) is 30.6. The van der Waals surface area contributed by atoms with E-state index < -0.39 is 103 Å². The summed E-state index contributed by atoms with van der Waals surface area (Å²) in [6, 6.07) is -1.91. The summed E-state index contributed by atoms with van der Waals surface area (Å²) in [6.45, 7) is 0.271. The standard InChI is InChI=1S/C26H50N4O11/c1-39-9-12-7-16(21(35)18(30)19(12)33)40-25-10(5-15(32)14(31)2-3-27)4-13(29)26(24(25)38)41-17-6-11(8-28)20(34)23(37)22(17)36/h10-14,16-26,31,33-38H,2-9,27-30H2,1H3/t10-,11+,12+,13-,14?,16-,17?,18-,19+,20+,21-,22-,23-,24+,25?,26+/m0/s1. The van der Waals surface area contributed by atoms with E-state index in [-0.39, 0.29) is 51.8 Å². The molecule has 0 radical (unpaired) electrons. The fourth-order valence-electron chi connectivity index (χ4n) is 6.53. The number of aliphatic hydroxyl groups excluding tert-OH is 7. The average molecular weight is 595 g/mol. The molecule has 41 heavy (non-hydrogen) atoms. The second-order valence-electron chi connectivity index (χ2n) is 11.9. The molecule has 240 valence electrons. The highest BCUT2D eigenvalue weighted by Crippen LogP contribution is 2.38. The Bertz CT molecular complexity index is 828. The van der Waals surface area contributed by atoms with Crippen molar-refractivity contribution in [1.29, 1.82) is 0 Å². The Morgan fingerprint density at radius 2 is 1.39 bits per heavy atom. The molecule has 0 aromatic heterocycles. The van der Waals surface area contributed by atoms with E-state index in [2.05, 4.69) is 0 Å². The highest BCUT2D eigenvalue weighted by molar-refractivity contribution is 5.83. The summed E-state index contributed by atoms with van der Waals surface area (Å²) >= 11 is 0. The predicted molar refractivity (Wildman–Crippen MR) is 144 cm³/mol.